The summed E-state index contributed by atoms with van der Waals surface area (Å²) in [5, 5.41) is 0. The summed E-state index contributed by atoms with van der Waals surface area (Å²) in [6, 6.07) is 0.884. The van der Waals surface area contributed by atoms with Crippen LogP contribution in [0.3, 0.4) is 0 Å². The Hall–Kier alpha value is -0.0800. The molecular formula is C15H30N2. The average Bonchev–Trinajstić information content (AvgIpc) is 2.98. The zero-order chi connectivity index (χ0) is 12.3. The van der Waals surface area contributed by atoms with E-state index in [9.17, 15) is 0 Å². The minimum atomic E-state index is 0.335. The van der Waals surface area contributed by atoms with Crippen molar-refractivity contribution in [1.82, 2.24) is 4.90 Å². The fourth-order valence-electron chi connectivity index (χ4n) is 3.74. The zero-order valence-electron chi connectivity index (χ0n) is 11.8. The maximum absolute atomic E-state index is 5.97. The van der Waals surface area contributed by atoms with Crippen LogP contribution < -0.4 is 5.73 Å². The summed E-state index contributed by atoms with van der Waals surface area (Å²) < 4.78 is 0. The molecule has 2 aliphatic rings. The summed E-state index contributed by atoms with van der Waals surface area (Å²) in [6.07, 6.45) is 9.95. The Morgan fingerprint density at radius 2 is 1.88 bits per heavy atom. The predicted octanol–water partition coefficient (Wildman–Crippen LogP) is 3.02. The van der Waals surface area contributed by atoms with Crippen molar-refractivity contribution >= 4 is 0 Å². The van der Waals surface area contributed by atoms with Crippen LogP contribution in [0.1, 0.15) is 58.8 Å². The minimum Gasteiger partial charge on any atom is -0.330 e. The van der Waals surface area contributed by atoms with Gasteiger partial charge in [-0.2, -0.15) is 0 Å². The van der Waals surface area contributed by atoms with E-state index in [2.05, 4.69) is 18.7 Å². The summed E-state index contributed by atoms with van der Waals surface area (Å²) in [6.45, 7) is 8.01. The van der Waals surface area contributed by atoms with Crippen molar-refractivity contribution in [3.63, 3.8) is 0 Å². The van der Waals surface area contributed by atoms with Gasteiger partial charge in [-0.15, -0.1) is 0 Å². The average molecular weight is 238 g/mol. The molecule has 2 N–H and O–H groups in total. The third-order valence-corrected chi connectivity index (χ3v) is 5.29. The lowest BCUT2D eigenvalue weighted by Crippen LogP contribution is -2.44. The van der Waals surface area contributed by atoms with Crippen molar-refractivity contribution < 1.29 is 0 Å². The summed E-state index contributed by atoms with van der Waals surface area (Å²) in [7, 11) is 0. The highest BCUT2D eigenvalue weighted by Crippen LogP contribution is 2.37. The van der Waals surface area contributed by atoms with Gasteiger partial charge in [0.2, 0.25) is 0 Å². The van der Waals surface area contributed by atoms with Crippen LogP contribution in [0.2, 0.25) is 0 Å². The lowest BCUT2D eigenvalue weighted by molar-refractivity contribution is 0.121. The Bertz CT molecular complexity index is 229. The summed E-state index contributed by atoms with van der Waals surface area (Å²) in [5.41, 5.74) is 6.30. The zero-order valence-corrected chi connectivity index (χ0v) is 11.8. The predicted molar refractivity (Wildman–Crippen MR) is 74.0 cm³/mol. The second kappa shape index (κ2) is 5.71. The van der Waals surface area contributed by atoms with E-state index < -0.39 is 0 Å². The molecule has 0 aromatic rings. The van der Waals surface area contributed by atoms with Gasteiger partial charge in [-0.1, -0.05) is 26.7 Å². The Kier molecular flexibility index (Phi) is 4.48. The lowest BCUT2D eigenvalue weighted by atomic mass is 9.86. The second-order valence-corrected chi connectivity index (χ2v) is 6.59. The van der Waals surface area contributed by atoms with E-state index in [1.807, 2.05) is 0 Å². The molecule has 1 aliphatic heterocycles. The molecule has 2 heteroatoms. The molecule has 1 aliphatic carbocycles. The van der Waals surface area contributed by atoms with Crippen LogP contribution in [-0.2, 0) is 0 Å². The van der Waals surface area contributed by atoms with Gasteiger partial charge in [-0.3, -0.25) is 4.90 Å². The molecule has 0 bridgehead atoms. The molecule has 0 spiro atoms. The van der Waals surface area contributed by atoms with E-state index in [1.165, 1.54) is 58.0 Å². The molecule has 2 rings (SSSR count). The third-order valence-electron chi connectivity index (χ3n) is 5.29. The van der Waals surface area contributed by atoms with Gasteiger partial charge >= 0.3 is 0 Å². The van der Waals surface area contributed by atoms with Crippen LogP contribution in [0.4, 0.5) is 0 Å². The van der Waals surface area contributed by atoms with E-state index in [0.29, 0.717) is 5.41 Å². The fraction of sp³-hybridized carbons (Fsp3) is 1.00. The van der Waals surface area contributed by atoms with Crippen LogP contribution in [0.15, 0.2) is 0 Å². The molecule has 1 saturated carbocycles. The molecular weight excluding hydrogens is 208 g/mol. The molecule has 2 fully saturated rings. The number of likely N-dealkylation sites (tertiary alicyclic amines) is 1. The minimum absolute atomic E-state index is 0.335. The Labute approximate surface area is 107 Å². The van der Waals surface area contributed by atoms with Crippen LogP contribution in [0, 0.1) is 11.3 Å². The highest BCUT2D eigenvalue weighted by atomic mass is 15.2. The van der Waals surface area contributed by atoms with Gasteiger partial charge in [-0.05, 0) is 56.5 Å². The summed E-state index contributed by atoms with van der Waals surface area (Å²) in [4.78, 5) is 2.77. The number of nitrogens with two attached hydrogens (primary N) is 1. The van der Waals surface area contributed by atoms with Crippen molar-refractivity contribution in [3.8, 4) is 0 Å². The Balaban J connectivity index is 1.94. The number of hydrogen-bond acceptors (Lipinski definition) is 2. The van der Waals surface area contributed by atoms with Gasteiger partial charge in [-0.25, -0.2) is 0 Å². The fourth-order valence-corrected chi connectivity index (χ4v) is 3.74. The van der Waals surface area contributed by atoms with Gasteiger partial charge in [0.15, 0.2) is 0 Å². The first-order chi connectivity index (χ1) is 8.18. The van der Waals surface area contributed by atoms with Crippen molar-refractivity contribution in [2.24, 2.45) is 17.1 Å². The molecule has 0 aromatic carbocycles. The van der Waals surface area contributed by atoms with E-state index in [0.717, 1.165) is 18.5 Å². The Morgan fingerprint density at radius 3 is 2.47 bits per heavy atom. The number of hydrogen-bond donors (Lipinski definition) is 1. The van der Waals surface area contributed by atoms with Gasteiger partial charge in [0.25, 0.3) is 0 Å². The first-order valence-electron chi connectivity index (χ1n) is 7.62. The van der Waals surface area contributed by atoms with Gasteiger partial charge < -0.3 is 5.73 Å². The largest absolute Gasteiger partial charge is 0.330 e. The normalized spacial score (nSPS) is 30.9. The van der Waals surface area contributed by atoms with Crippen molar-refractivity contribution in [1.29, 1.82) is 0 Å². The first kappa shape index (κ1) is 13.4. The molecule has 0 radical (unpaired) electrons. The van der Waals surface area contributed by atoms with E-state index >= 15 is 0 Å². The highest BCUT2D eigenvalue weighted by molar-refractivity contribution is 4.90. The molecule has 2 nitrogen and oxygen atoms in total. The van der Waals surface area contributed by atoms with Crippen molar-refractivity contribution in [2.45, 2.75) is 64.8 Å². The summed E-state index contributed by atoms with van der Waals surface area (Å²) >= 11 is 0. The van der Waals surface area contributed by atoms with Gasteiger partial charge in [0, 0.05) is 12.6 Å². The molecule has 0 amide bonds. The molecule has 100 valence electrons. The van der Waals surface area contributed by atoms with E-state index in [1.54, 1.807) is 0 Å². The molecule has 2 unspecified atom stereocenters. The number of rotatable bonds is 5. The molecule has 0 aromatic heterocycles. The molecule has 1 heterocycles. The SMILES string of the molecule is CCC(C)(CN)CN1CCCC1C1CCCC1. The maximum atomic E-state index is 5.97. The third kappa shape index (κ3) is 3.03. The van der Waals surface area contributed by atoms with Gasteiger partial charge in [0.1, 0.15) is 0 Å². The monoisotopic (exact) mass is 238 g/mol. The van der Waals surface area contributed by atoms with Crippen LogP contribution in [-0.4, -0.2) is 30.6 Å². The van der Waals surface area contributed by atoms with Crippen LogP contribution >= 0.6 is 0 Å². The standard InChI is InChI=1S/C15H30N2/c1-3-15(2,11-16)12-17-10-6-9-14(17)13-7-4-5-8-13/h13-14H,3-12,16H2,1-2H3. The van der Waals surface area contributed by atoms with E-state index in [-0.39, 0.29) is 0 Å². The summed E-state index contributed by atoms with van der Waals surface area (Å²) in [5.74, 6) is 0.997. The van der Waals surface area contributed by atoms with E-state index in [4.69, 9.17) is 5.73 Å². The molecule has 2 atom stereocenters. The number of nitrogens with zero attached hydrogens (tertiary/aromatic N) is 1. The second-order valence-electron chi connectivity index (χ2n) is 6.59. The van der Waals surface area contributed by atoms with Gasteiger partial charge in [0.05, 0.1) is 0 Å². The smallest absolute Gasteiger partial charge is 0.0124 e. The van der Waals surface area contributed by atoms with Crippen LogP contribution in [0.5, 0.6) is 0 Å². The van der Waals surface area contributed by atoms with Crippen molar-refractivity contribution in [2.75, 3.05) is 19.6 Å². The van der Waals surface area contributed by atoms with Crippen molar-refractivity contribution in [3.05, 3.63) is 0 Å². The quantitative estimate of drug-likeness (QED) is 0.798. The Morgan fingerprint density at radius 1 is 1.18 bits per heavy atom. The molecule has 1 saturated heterocycles. The highest BCUT2D eigenvalue weighted by Gasteiger charge is 2.36. The molecule has 17 heavy (non-hydrogen) atoms. The van der Waals surface area contributed by atoms with Crippen LogP contribution in [0.25, 0.3) is 0 Å². The first-order valence-corrected chi connectivity index (χ1v) is 7.62. The lowest BCUT2D eigenvalue weighted by Gasteiger charge is -2.37. The maximum Gasteiger partial charge on any atom is 0.0124 e. The topological polar surface area (TPSA) is 29.3 Å².